The van der Waals surface area contributed by atoms with Gasteiger partial charge in [-0.3, -0.25) is 4.57 Å². The SMILES string of the molecule is C=CC(Cc1c2ccccc2c(P(=O)(OC)OC)n1CCC)c1ccc(OC)cc1. The van der Waals surface area contributed by atoms with Crippen molar-refractivity contribution in [3.63, 3.8) is 0 Å². The van der Waals surface area contributed by atoms with Crippen LogP contribution in [-0.4, -0.2) is 25.9 Å². The van der Waals surface area contributed by atoms with Crippen molar-refractivity contribution in [2.45, 2.75) is 32.2 Å². The van der Waals surface area contributed by atoms with Crippen LogP contribution in [0.25, 0.3) is 10.8 Å². The number of nitrogens with zero attached hydrogens (tertiary/aromatic N) is 1. The Bertz CT molecular complexity index is 1050. The molecule has 1 unspecified atom stereocenters. The van der Waals surface area contributed by atoms with Gasteiger partial charge in [-0.2, -0.15) is 0 Å². The van der Waals surface area contributed by atoms with Crippen LogP contribution in [0.3, 0.4) is 0 Å². The van der Waals surface area contributed by atoms with E-state index in [4.69, 9.17) is 13.8 Å². The van der Waals surface area contributed by atoms with Crippen LogP contribution in [0.4, 0.5) is 0 Å². The van der Waals surface area contributed by atoms with Gasteiger partial charge in [0.25, 0.3) is 0 Å². The molecule has 0 saturated heterocycles. The Labute approximate surface area is 178 Å². The van der Waals surface area contributed by atoms with E-state index in [-0.39, 0.29) is 5.92 Å². The first kappa shape index (κ1) is 22.4. The Morgan fingerprint density at radius 2 is 1.67 bits per heavy atom. The lowest BCUT2D eigenvalue weighted by molar-refractivity contribution is 0.285. The van der Waals surface area contributed by atoms with Crippen LogP contribution in [0.5, 0.6) is 5.75 Å². The molecule has 0 aliphatic rings. The van der Waals surface area contributed by atoms with Gasteiger partial charge in [-0.25, -0.2) is 0 Å². The number of allylic oxidation sites excluding steroid dienone is 1. The molecule has 0 radical (unpaired) electrons. The molecule has 1 aromatic heterocycles. The fraction of sp³-hybridized carbons (Fsp3) is 0.333. The lowest BCUT2D eigenvalue weighted by Crippen LogP contribution is -2.22. The minimum Gasteiger partial charge on any atom is -0.497 e. The van der Waals surface area contributed by atoms with Gasteiger partial charge in [0, 0.05) is 43.1 Å². The zero-order valence-electron chi connectivity index (χ0n) is 18.1. The van der Waals surface area contributed by atoms with Crippen molar-refractivity contribution in [2.24, 2.45) is 0 Å². The first-order valence-corrected chi connectivity index (χ1v) is 11.7. The Morgan fingerprint density at radius 3 is 2.20 bits per heavy atom. The summed E-state index contributed by atoms with van der Waals surface area (Å²) < 4.78 is 31.7. The number of methoxy groups -OCH3 is 1. The van der Waals surface area contributed by atoms with Crippen LogP contribution in [0.15, 0.2) is 61.2 Å². The number of hydrogen-bond donors (Lipinski definition) is 0. The maximum absolute atomic E-state index is 13.5. The second-order valence-corrected chi connectivity index (χ2v) is 9.30. The normalized spacial score (nSPS) is 12.8. The van der Waals surface area contributed by atoms with Gasteiger partial charge >= 0.3 is 7.60 Å². The zero-order chi connectivity index (χ0) is 21.7. The Hall–Kier alpha value is -2.33. The average Bonchev–Trinajstić information content (AvgIpc) is 3.10. The molecule has 1 heterocycles. The molecular formula is C24H30NO4P. The molecule has 2 aromatic carbocycles. The quantitative estimate of drug-likeness (QED) is 0.308. The molecule has 0 fully saturated rings. The third-order valence-electron chi connectivity index (χ3n) is 5.49. The smallest absolute Gasteiger partial charge is 0.377 e. The van der Waals surface area contributed by atoms with Gasteiger partial charge in [-0.05, 0) is 30.5 Å². The van der Waals surface area contributed by atoms with Crippen molar-refractivity contribution in [2.75, 3.05) is 21.3 Å². The number of aromatic nitrogens is 1. The summed E-state index contributed by atoms with van der Waals surface area (Å²) in [6.07, 6.45) is 3.59. The average molecular weight is 427 g/mol. The number of hydrogen-bond acceptors (Lipinski definition) is 4. The third kappa shape index (κ3) is 4.11. The highest BCUT2D eigenvalue weighted by atomic mass is 31.2. The minimum absolute atomic E-state index is 0.0992. The minimum atomic E-state index is -3.44. The summed E-state index contributed by atoms with van der Waals surface area (Å²) in [6.45, 7) is 6.91. The van der Waals surface area contributed by atoms with Crippen LogP contribution < -0.4 is 10.2 Å². The monoisotopic (exact) mass is 427 g/mol. The topological polar surface area (TPSA) is 49.7 Å². The lowest BCUT2D eigenvalue weighted by Gasteiger charge is -2.20. The predicted octanol–water partition coefficient (Wildman–Crippen LogP) is 5.68. The van der Waals surface area contributed by atoms with E-state index in [1.54, 1.807) is 7.11 Å². The Morgan fingerprint density at radius 1 is 1.03 bits per heavy atom. The highest BCUT2D eigenvalue weighted by Gasteiger charge is 2.33. The molecule has 3 aromatic rings. The molecule has 3 rings (SSSR count). The molecule has 30 heavy (non-hydrogen) atoms. The van der Waals surface area contributed by atoms with Gasteiger partial charge in [0.15, 0.2) is 0 Å². The van der Waals surface area contributed by atoms with Gasteiger partial charge in [-0.1, -0.05) is 49.4 Å². The van der Waals surface area contributed by atoms with Crippen LogP contribution in [0, 0.1) is 0 Å². The van der Waals surface area contributed by atoms with Crippen molar-refractivity contribution in [1.29, 1.82) is 0 Å². The van der Waals surface area contributed by atoms with E-state index in [1.165, 1.54) is 14.2 Å². The Balaban J connectivity index is 2.17. The summed E-state index contributed by atoms with van der Waals surface area (Å²) in [5.74, 6) is 0.923. The van der Waals surface area contributed by atoms with Crippen LogP contribution in [0.1, 0.15) is 30.5 Å². The summed E-state index contributed by atoms with van der Waals surface area (Å²) in [5.41, 5.74) is 2.89. The van der Waals surface area contributed by atoms with Gasteiger partial charge < -0.3 is 18.4 Å². The molecule has 1 atom stereocenters. The van der Waals surface area contributed by atoms with Crippen molar-refractivity contribution in [3.05, 3.63) is 72.4 Å². The number of ether oxygens (including phenoxy) is 1. The first-order chi connectivity index (χ1) is 14.5. The molecule has 160 valence electrons. The highest BCUT2D eigenvalue weighted by molar-refractivity contribution is 7.62. The molecule has 0 saturated carbocycles. The van der Waals surface area contributed by atoms with Gasteiger partial charge in [0.2, 0.25) is 0 Å². The number of benzene rings is 2. The Kier molecular flexibility index (Phi) is 7.19. The summed E-state index contributed by atoms with van der Waals surface area (Å²) >= 11 is 0. The lowest BCUT2D eigenvalue weighted by atomic mass is 9.93. The maximum atomic E-state index is 13.5. The first-order valence-electron chi connectivity index (χ1n) is 10.1. The molecule has 6 heteroatoms. The van der Waals surface area contributed by atoms with Crippen molar-refractivity contribution < 1.29 is 18.3 Å². The van der Waals surface area contributed by atoms with Crippen molar-refractivity contribution >= 4 is 23.8 Å². The zero-order valence-corrected chi connectivity index (χ0v) is 19.0. The standard InChI is InChI=1S/C24H30NO4P/c1-6-16-25-23(17-18(7-2)19-12-14-20(27-3)15-13-19)21-10-8-9-11-22(21)24(25)30(26,28-4)29-5/h7-15,18H,2,6,16-17H2,1,3-5H3. The summed E-state index contributed by atoms with van der Waals surface area (Å²) in [5, 5.41) is 1.97. The molecule has 0 bridgehead atoms. The second-order valence-electron chi connectivity index (χ2n) is 7.15. The van der Waals surface area contributed by atoms with Crippen LogP contribution >= 0.6 is 7.60 Å². The van der Waals surface area contributed by atoms with E-state index in [0.717, 1.165) is 47.2 Å². The molecule has 5 nitrogen and oxygen atoms in total. The van der Waals surface area contributed by atoms with E-state index in [9.17, 15) is 4.57 Å². The summed E-state index contributed by atoms with van der Waals surface area (Å²) in [7, 11) is 1.10. The van der Waals surface area contributed by atoms with Gasteiger partial charge in [-0.15, -0.1) is 6.58 Å². The van der Waals surface area contributed by atoms with Gasteiger partial charge in [0.05, 0.1) is 7.11 Å². The van der Waals surface area contributed by atoms with E-state index in [1.807, 2.05) is 36.4 Å². The predicted molar refractivity (Wildman–Crippen MR) is 123 cm³/mol. The number of rotatable bonds is 10. The van der Waals surface area contributed by atoms with E-state index in [0.29, 0.717) is 5.44 Å². The van der Waals surface area contributed by atoms with E-state index < -0.39 is 7.60 Å². The molecule has 0 N–H and O–H groups in total. The van der Waals surface area contributed by atoms with Crippen molar-refractivity contribution in [1.82, 2.24) is 4.57 Å². The fourth-order valence-electron chi connectivity index (χ4n) is 3.97. The maximum Gasteiger partial charge on any atom is 0.377 e. The van der Waals surface area contributed by atoms with Gasteiger partial charge in [0.1, 0.15) is 11.2 Å². The molecule has 0 spiro atoms. The molecule has 0 aliphatic carbocycles. The summed E-state index contributed by atoms with van der Waals surface area (Å²) in [4.78, 5) is 0. The van der Waals surface area contributed by atoms with Crippen LogP contribution in [0.2, 0.25) is 0 Å². The van der Waals surface area contributed by atoms with Crippen molar-refractivity contribution in [3.8, 4) is 5.75 Å². The van der Waals surface area contributed by atoms with Crippen LogP contribution in [-0.2, 0) is 26.6 Å². The molecular weight excluding hydrogens is 397 g/mol. The van der Waals surface area contributed by atoms with E-state index >= 15 is 0 Å². The molecule has 0 amide bonds. The highest BCUT2D eigenvalue weighted by Crippen LogP contribution is 2.48. The third-order valence-corrected chi connectivity index (χ3v) is 7.45. The molecule has 0 aliphatic heterocycles. The summed E-state index contributed by atoms with van der Waals surface area (Å²) in [6, 6.07) is 16.1. The number of fused-ring (bicyclic) bond motifs is 1. The van der Waals surface area contributed by atoms with E-state index in [2.05, 4.69) is 36.3 Å². The largest absolute Gasteiger partial charge is 0.497 e. The fourth-order valence-corrected chi connectivity index (χ4v) is 5.47. The second kappa shape index (κ2) is 9.65.